The van der Waals surface area contributed by atoms with E-state index in [1.165, 1.54) is 36.8 Å². The van der Waals surface area contributed by atoms with Gasteiger partial charge in [0, 0.05) is 27.2 Å². The van der Waals surface area contributed by atoms with E-state index >= 15 is 0 Å². The molecule has 0 unspecified atom stereocenters. The van der Waals surface area contributed by atoms with E-state index in [0.29, 0.717) is 21.0 Å². The number of carbonyl (C=O) groups is 1. The van der Waals surface area contributed by atoms with Crippen LogP contribution in [-0.4, -0.2) is 29.3 Å². The van der Waals surface area contributed by atoms with Crippen molar-refractivity contribution in [3.63, 3.8) is 0 Å². The molecule has 1 heterocycles. The van der Waals surface area contributed by atoms with Gasteiger partial charge in [-0.2, -0.15) is 0 Å². The molecule has 0 spiro atoms. The number of ether oxygens (including phenoxy) is 1. The number of nitro groups is 1. The van der Waals surface area contributed by atoms with Crippen molar-refractivity contribution in [2.45, 2.75) is 26.2 Å². The average Bonchev–Trinajstić information content (AvgIpc) is 2.98. The maximum absolute atomic E-state index is 12.3. The number of fused-ring (bicyclic) bond motifs is 1. The maximum Gasteiger partial charge on any atom is 0.341 e. The minimum Gasteiger partial charge on any atom is -0.502 e. The van der Waals surface area contributed by atoms with Crippen molar-refractivity contribution < 1.29 is 19.6 Å². The molecular formula is C18H17BrN2O5S. The van der Waals surface area contributed by atoms with E-state index in [9.17, 15) is 20.0 Å². The van der Waals surface area contributed by atoms with Gasteiger partial charge in [-0.3, -0.25) is 10.1 Å². The van der Waals surface area contributed by atoms with Crippen LogP contribution in [0.1, 0.15) is 39.7 Å². The number of aliphatic imine (C=N–C) groups is 1. The number of carbonyl (C=O) groups excluding carboxylic acids is 1. The fourth-order valence-electron chi connectivity index (χ4n) is 3.11. The van der Waals surface area contributed by atoms with E-state index in [1.54, 1.807) is 0 Å². The number of phenols is 1. The summed E-state index contributed by atoms with van der Waals surface area (Å²) in [4.78, 5) is 28.2. The van der Waals surface area contributed by atoms with Crippen molar-refractivity contribution >= 4 is 50.1 Å². The topological polar surface area (TPSA) is 102 Å². The van der Waals surface area contributed by atoms with Crippen LogP contribution in [0.15, 0.2) is 21.6 Å². The monoisotopic (exact) mass is 452 g/mol. The second kappa shape index (κ2) is 7.77. The number of benzene rings is 1. The Labute approximate surface area is 168 Å². The van der Waals surface area contributed by atoms with E-state index in [4.69, 9.17) is 4.74 Å². The lowest BCUT2D eigenvalue weighted by Crippen LogP contribution is -2.12. The lowest BCUT2D eigenvalue weighted by atomic mass is 9.88. The zero-order valence-corrected chi connectivity index (χ0v) is 17.1. The molecule has 142 valence electrons. The molecule has 1 aromatic heterocycles. The van der Waals surface area contributed by atoms with Gasteiger partial charge in [-0.1, -0.05) is 22.9 Å². The number of halogens is 1. The number of hydrogen-bond donors (Lipinski definition) is 1. The van der Waals surface area contributed by atoms with Crippen LogP contribution in [0.4, 0.5) is 10.7 Å². The van der Waals surface area contributed by atoms with E-state index in [0.717, 1.165) is 29.7 Å². The van der Waals surface area contributed by atoms with Crippen LogP contribution in [-0.2, 0) is 17.6 Å². The van der Waals surface area contributed by atoms with Crippen molar-refractivity contribution in [3.8, 4) is 5.75 Å². The maximum atomic E-state index is 12.3. The molecule has 0 bridgehead atoms. The third-order valence-corrected chi connectivity index (χ3v) is 6.10. The summed E-state index contributed by atoms with van der Waals surface area (Å²) in [5.41, 5.74) is 1.19. The highest BCUT2D eigenvalue weighted by Gasteiger charge is 2.28. The van der Waals surface area contributed by atoms with Gasteiger partial charge >= 0.3 is 11.7 Å². The number of hydrogen-bond acceptors (Lipinski definition) is 7. The highest BCUT2D eigenvalue weighted by atomic mass is 79.9. The highest BCUT2D eigenvalue weighted by Crippen LogP contribution is 2.42. The Kier molecular flexibility index (Phi) is 5.61. The molecule has 7 nitrogen and oxygen atoms in total. The van der Waals surface area contributed by atoms with Crippen LogP contribution in [0.3, 0.4) is 0 Å². The number of nitrogens with zero attached hydrogens (tertiary/aromatic N) is 2. The van der Waals surface area contributed by atoms with Gasteiger partial charge in [0.2, 0.25) is 5.75 Å². The summed E-state index contributed by atoms with van der Waals surface area (Å²) in [6.45, 7) is 2.17. The van der Waals surface area contributed by atoms with Gasteiger partial charge in [-0.15, -0.1) is 11.3 Å². The fourth-order valence-corrected chi connectivity index (χ4v) is 4.92. The summed E-state index contributed by atoms with van der Waals surface area (Å²) >= 11 is 4.62. The van der Waals surface area contributed by atoms with Crippen LogP contribution in [0.5, 0.6) is 5.75 Å². The predicted molar refractivity (Wildman–Crippen MR) is 107 cm³/mol. The van der Waals surface area contributed by atoms with E-state index in [-0.39, 0.29) is 5.56 Å². The molecule has 0 aliphatic heterocycles. The number of phenolic OH excluding ortho intramolecular Hbond substituents is 1. The smallest absolute Gasteiger partial charge is 0.341 e. The number of esters is 1. The molecule has 1 aromatic carbocycles. The summed E-state index contributed by atoms with van der Waals surface area (Å²) < 4.78 is 5.37. The minimum atomic E-state index is -0.664. The van der Waals surface area contributed by atoms with E-state index < -0.39 is 22.3 Å². The normalized spacial score (nSPS) is 16.3. The third-order valence-electron chi connectivity index (χ3n) is 4.48. The molecule has 9 heteroatoms. The van der Waals surface area contributed by atoms with Crippen molar-refractivity contribution in [2.24, 2.45) is 10.9 Å². The standard InChI is InChI=1S/C18H17BrN2O5S/c1-9-3-4-12-14(5-9)27-17(15(12)18(23)26-2)20-8-10-6-11(19)7-13(16(10)22)21(24)25/h6-9,22H,3-5H2,1-2H3/t9-/m0/s1. The number of methoxy groups -OCH3 is 1. The molecule has 1 aliphatic carbocycles. The lowest BCUT2D eigenvalue weighted by Gasteiger charge is -2.18. The molecule has 0 amide bonds. The second-order valence-corrected chi connectivity index (χ2v) is 8.40. The quantitative estimate of drug-likeness (QED) is 0.311. The van der Waals surface area contributed by atoms with Crippen molar-refractivity contribution in [2.75, 3.05) is 7.11 Å². The molecule has 1 N–H and O–H groups in total. The van der Waals surface area contributed by atoms with E-state index in [2.05, 4.69) is 27.8 Å². The van der Waals surface area contributed by atoms with Crippen LogP contribution >= 0.6 is 27.3 Å². The SMILES string of the molecule is COC(=O)c1c(N=Cc2cc(Br)cc([N+](=O)[O-])c2O)sc2c1CC[C@H](C)C2. The molecule has 0 radical (unpaired) electrons. The average molecular weight is 453 g/mol. The zero-order valence-electron chi connectivity index (χ0n) is 14.7. The molecule has 27 heavy (non-hydrogen) atoms. The van der Waals surface area contributed by atoms with Crippen LogP contribution in [0, 0.1) is 16.0 Å². The first-order chi connectivity index (χ1) is 12.8. The van der Waals surface area contributed by atoms with Gasteiger partial charge in [-0.25, -0.2) is 9.79 Å². The molecule has 1 aliphatic rings. The lowest BCUT2D eigenvalue weighted by molar-refractivity contribution is -0.385. The predicted octanol–water partition coefficient (Wildman–Crippen LogP) is 4.79. The minimum absolute atomic E-state index is 0.187. The first-order valence-electron chi connectivity index (χ1n) is 8.25. The van der Waals surface area contributed by atoms with Crippen LogP contribution < -0.4 is 0 Å². The number of aromatic hydroxyl groups is 1. The largest absolute Gasteiger partial charge is 0.502 e. The van der Waals surface area contributed by atoms with Crippen molar-refractivity contribution in [3.05, 3.63) is 48.3 Å². The number of thiophene rings is 1. The second-order valence-electron chi connectivity index (χ2n) is 6.40. The van der Waals surface area contributed by atoms with E-state index in [1.807, 2.05) is 0 Å². The Morgan fingerprint density at radius 2 is 2.26 bits per heavy atom. The Morgan fingerprint density at radius 3 is 2.93 bits per heavy atom. The Hall–Kier alpha value is -2.26. The third kappa shape index (κ3) is 3.89. The van der Waals surface area contributed by atoms with Gasteiger partial charge in [0.15, 0.2) is 0 Å². The van der Waals surface area contributed by atoms with Gasteiger partial charge in [0.1, 0.15) is 5.00 Å². The molecule has 0 saturated carbocycles. The molecule has 0 fully saturated rings. The zero-order chi connectivity index (χ0) is 19.7. The van der Waals surface area contributed by atoms with Gasteiger partial charge < -0.3 is 9.84 Å². The number of rotatable bonds is 4. The van der Waals surface area contributed by atoms with Crippen LogP contribution in [0.2, 0.25) is 0 Å². The summed E-state index contributed by atoms with van der Waals surface area (Å²) in [5, 5.41) is 21.7. The Balaban J connectivity index is 2.06. The Morgan fingerprint density at radius 1 is 1.52 bits per heavy atom. The first-order valence-corrected chi connectivity index (χ1v) is 9.86. The molecule has 3 rings (SSSR count). The van der Waals surface area contributed by atoms with Crippen molar-refractivity contribution in [1.29, 1.82) is 0 Å². The fraction of sp³-hybridized carbons (Fsp3) is 0.333. The summed E-state index contributed by atoms with van der Waals surface area (Å²) in [5.74, 6) is -0.379. The molecule has 1 atom stereocenters. The van der Waals surface area contributed by atoms with Gasteiger partial charge in [0.05, 0.1) is 17.6 Å². The van der Waals surface area contributed by atoms with Crippen LogP contribution in [0.25, 0.3) is 0 Å². The van der Waals surface area contributed by atoms with Gasteiger partial charge in [0.25, 0.3) is 0 Å². The summed E-state index contributed by atoms with van der Waals surface area (Å²) in [6.07, 6.45) is 4.00. The summed E-state index contributed by atoms with van der Waals surface area (Å²) in [7, 11) is 1.33. The highest BCUT2D eigenvalue weighted by molar-refractivity contribution is 9.10. The number of nitro benzene ring substituents is 1. The molecular weight excluding hydrogens is 436 g/mol. The summed E-state index contributed by atoms with van der Waals surface area (Å²) in [6, 6.07) is 2.75. The first kappa shape index (κ1) is 19.5. The molecule has 0 saturated heterocycles. The van der Waals surface area contributed by atoms with Crippen molar-refractivity contribution in [1.82, 2.24) is 0 Å². The Bertz CT molecular complexity index is 954. The van der Waals surface area contributed by atoms with Gasteiger partial charge in [-0.05, 0) is 36.8 Å². The molecule has 2 aromatic rings.